The van der Waals surface area contributed by atoms with Gasteiger partial charge in [0, 0.05) is 31.3 Å². The highest BCUT2D eigenvalue weighted by atomic mass is 16.5. The van der Waals surface area contributed by atoms with E-state index in [1.807, 2.05) is 29.2 Å². The van der Waals surface area contributed by atoms with Crippen LogP contribution in [0.1, 0.15) is 25.7 Å². The monoisotopic (exact) mass is 332 g/mol. The summed E-state index contributed by atoms with van der Waals surface area (Å²) in [6.45, 7) is 1.93. The first-order valence-corrected chi connectivity index (χ1v) is 8.52. The summed E-state index contributed by atoms with van der Waals surface area (Å²) in [4.78, 5) is 26.5. The Labute approximate surface area is 142 Å². The summed E-state index contributed by atoms with van der Waals surface area (Å²) < 4.78 is 10.6. The molecule has 1 aromatic rings. The summed E-state index contributed by atoms with van der Waals surface area (Å²) in [5.41, 5.74) is 0.763. The Kier molecular flexibility index (Phi) is 5.35. The Bertz CT molecular complexity index is 573. The van der Waals surface area contributed by atoms with E-state index in [1.54, 1.807) is 7.11 Å². The van der Waals surface area contributed by atoms with Crippen LogP contribution in [0.4, 0.5) is 5.69 Å². The van der Waals surface area contributed by atoms with E-state index in [0.29, 0.717) is 32.5 Å². The van der Waals surface area contributed by atoms with Gasteiger partial charge in [-0.3, -0.25) is 9.59 Å². The van der Waals surface area contributed by atoms with Crippen molar-refractivity contribution in [3.05, 3.63) is 24.3 Å². The molecule has 1 N–H and O–H groups in total. The molecule has 1 aromatic carbocycles. The largest absolute Gasteiger partial charge is 0.497 e. The molecule has 6 heteroatoms. The first-order chi connectivity index (χ1) is 11.7. The highest BCUT2D eigenvalue weighted by Crippen LogP contribution is 2.23. The SMILES string of the molecule is COc1ccc(NC(=O)C2CCN(C(=O)C3CCCO3)CC2)cc1. The fraction of sp³-hybridized carbons (Fsp3) is 0.556. The summed E-state index contributed by atoms with van der Waals surface area (Å²) in [5, 5.41) is 2.94. The quantitative estimate of drug-likeness (QED) is 0.916. The van der Waals surface area contributed by atoms with Gasteiger partial charge in [0.1, 0.15) is 11.9 Å². The van der Waals surface area contributed by atoms with Crippen LogP contribution in [0.5, 0.6) is 5.75 Å². The summed E-state index contributed by atoms with van der Waals surface area (Å²) in [6, 6.07) is 7.29. The minimum absolute atomic E-state index is 0.0179. The number of nitrogens with one attached hydrogen (secondary N) is 1. The van der Waals surface area contributed by atoms with Crippen molar-refractivity contribution in [2.45, 2.75) is 31.8 Å². The summed E-state index contributed by atoms with van der Waals surface area (Å²) in [6.07, 6.45) is 2.89. The van der Waals surface area contributed by atoms with Gasteiger partial charge in [-0.15, -0.1) is 0 Å². The number of rotatable bonds is 4. The first kappa shape index (κ1) is 16.8. The highest BCUT2D eigenvalue weighted by Gasteiger charge is 2.32. The molecule has 2 amide bonds. The zero-order valence-electron chi connectivity index (χ0n) is 14.0. The zero-order valence-corrected chi connectivity index (χ0v) is 14.0. The predicted octanol–water partition coefficient (Wildman–Crippen LogP) is 2.05. The lowest BCUT2D eigenvalue weighted by molar-refractivity contribution is -0.143. The van der Waals surface area contributed by atoms with Crippen molar-refractivity contribution in [3.63, 3.8) is 0 Å². The van der Waals surface area contributed by atoms with Crippen LogP contribution in [0, 0.1) is 5.92 Å². The number of anilines is 1. The number of likely N-dealkylation sites (tertiary alicyclic amines) is 1. The molecule has 0 aromatic heterocycles. The van der Waals surface area contributed by atoms with E-state index in [-0.39, 0.29) is 23.8 Å². The molecule has 0 radical (unpaired) electrons. The molecular formula is C18H24N2O4. The molecule has 2 aliphatic heterocycles. The topological polar surface area (TPSA) is 67.9 Å². The lowest BCUT2D eigenvalue weighted by atomic mass is 9.95. The van der Waals surface area contributed by atoms with Crippen molar-refractivity contribution in [1.82, 2.24) is 4.90 Å². The Morgan fingerprint density at radius 2 is 1.88 bits per heavy atom. The van der Waals surface area contributed by atoms with Crippen LogP contribution in [0.2, 0.25) is 0 Å². The van der Waals surface area contributed by atoms with E-state index < -0.39 is 0 Å². The number of amides is 2. The number of methoxy groups -OCH3 is 1. The molecule has 130 valence electrons. The van der Waals surface area contributed by atoms with Crippen LogP contribution in [-0.4, -0.2) is 49.6 Å². The third-order valence-corrected chi connectivity index (χ3v) is 4.74. The van der Waals surface area contributed by atoms with Gasteiger partial charge in [-0.2, -0.15) is 0 Å². The number of carbonyl (C=O) groups is 2. The van der Waals surface area contributed by atoms with Gasteiger partial charge in [0.2, 0.25) is 5.91 Å². The lowest BCUT2D eigenvalue weighted by Gasteiger charge is -2.32. The molecule has 0 bridgehead atoms. The Morgan fingerprint density at radius 3 is 2.46 bits per heavy atom. The highest BCUT2D eigenvalue weighted by molar-refractivity contribution is 5.92. The first-order valence-electron chi connectivity index (χ1n) is 8.52. The van der Waals surface area contributed by atoms with Crippen LogP contribution in [0.15, 0.2) is 24.3 Å². The molecule has 0 spiro atoms. The Hall–Kier alpha value is -2.08. The fourth-order valence-corrected chi connectivity index (χ4v) is 3.26. The summed E-state index contributed by atoms with van der Waals surface area (Å²) in [7, 11) is 1.61. The molecule has 6 nitrogen and oxygen atoms in total. The molecule has 2 fully saturated rings. The number of hydrogen-bond donors (Lipinski definition) is 1. The molecule has 0 aliphatic carbocycles. The number of benzene rings is 1. The number of nitrogens with zero attached hydrogens (tertiary/aromatic N) is 1. The van der Waals surface area contributed by atoms with Crippen molar-refractivity contribution >= 4 is 17.5 Å². The van der Waals surface area contributed by atoms with E-state index in [4.69, 9.17) is 9.47 Å². The molecule has 1 atom stereocenters. The molecule has 24 heavy (non-hydrogen) atoms. The van der Waals surface area contributed by atoms with Crippen molar-refractivity contribution < 1.29 is 19.1 Å². The zero-order chi connectivity index (χ0) is 16.9. The van der Waals surface area contributed by atoms with E-state index in [2.05, 4.69) is 5.32 Å². The van der Waals surface area contributed by atoms with E-state index in [9.17, 15) is 9.59 Å². The van der Waals surface area contributed by atoms with Crippen LogP contribution in [0.25, 0.3) is 0 Å². The van der Waals surface area contributed by atoms with Crippen LogP contribution in [0.3, 0.4) is 0 Å². The van der Waals surface area contributed by atoms with Gasteiger partial charge >= 0.3 is 0 Å². The van der Waals surface area contributed by atoms with Crippen molar-refractivity contribution in [3.8, 4) is 5.75 Å². The van der Waals surface area contributed by atoms with Crippen molar-refractivity contribution in [2.24, 2.45) is 5.92 Å². The Balaban J connectivity index is 1.48. The molecule has 2 aliphatic rings. The third kappa shape index (κ3) is 3.87. The smallest absolute Gasteiger partial charge is 0.251 e. The van der Waals surface area contributed by atoms with Crippen molar-refractivity contribution in [2.75, 3.05) is 32.1 Å². The van der Waals surface area contributed by atoms with Gasteiger partial charge in [-0.05, 0) is 49.9 Å². The second-order valence-electron chi connectivity index (χ2n) is 6.32. The summed E-state index contributed by atoms with van der Waals surface area (Å²) >= 11 is 0. The molecule has 3 rings (SSSR count). The minimum atomic E-state index is -0.269. The fourth-order valence-electron chi connectivity index (χ4n) is 3.26. The van der Waals surface area contributed by atoms with Crippen molar-refractivity contribution in [1.29, 1.82) is 0 Å². The predicted molar refractivity (Wildman–Crippen MR) is 89.9 cm³/mol. The second-order valence-corrected chi connectivity index (χ2v) is 6.32. The van der Waals surface area contributed by atoms with Crippen LogP contribution in [-0.2, 0) is 14.3 Å². The molecular weight excluding hydrogens is 308 g/mol. The van der Waals surface area contributed by atoms with Gasteiger partial charge < -0.3 is 19.7 Å². The van der Waals surface area contributed by atoms with Gasteiger partial charge in [0.25, 0.3) is 5.91 Å². The molecule has 1 unspecified atom stereocenters. The van der Waals surface area contributed by atoms with Crippen LogP contribution >= 0.6 is 0 Å². The average molecular weight is 332 g/mol. The standard InChI is InChI=1S/C18H24N2O4/c1-23-15-6-4-14(5-7-15)19-17(21)13-8-10-20(11-9-13)18(22)16-3-2-12-24-16/h4-7,13,16H,2-3,8-12H2,1H3,(H,19,21). The van der Waals surface area contributed by atoms with Gasteiger partial charge in [-0.25, -0.2) is 0 Å². The maximum absolute atomic E-state index is 12.4. The number of ether oxygens (including phenoxy) is 2. The molecule has 2 saturated heterocycles. The molecule has 0 saturated carbocycles. The van der Waals surface area contributed by atoms with Gasteiger partial charge in [0.05, 0.1) is 7.11 Å². The van der Waals surface area contributed by atoms with Gasteiger partial charge in [-0.1, -0.05) is 0 Å². The van der Waals surface area contributed by atoms with E-state index >= 15 is 0 Å². The Morgan fingerprint density at radius 1 is 1.17 bits per heavy atom. The minimum Gasteiger partial charge on any atom is -0.497 e. The van der Waals surface area contributed by atoms with E-state index in [0.717, 1.165) is 24.3 Å². The van der Waals surface area contributed by atoms with Gasteiger partial charge in [0.15, 0.2) is 0 Å². The maximum Gasteiger partial charge on any atom is 0.251 e. The normalized spacial score (nSPS) is 21.5. The average Bonchev–Trinajstić information content (AvgIpc) is 3.16. The number of piperidine rings is 1. The number of hydrogen-bond acceptors (Lipinski definition) is 4. The molecule has 2 heterocycles. The van der Waals surface area contributed by atoms with Crippen LogP contribution < -0.4 is 10.1 Å². The number of carbonyl (C=O) groups excluding carboxylic acids is 2. The van der Waals surface area contributed by atoms with E-state index in [1.165, 1.54) is 0 Å². The summed E-state index contributed by atoms with van der Waals surface area (Å²) in [5.74, 6) is 0.806. The third-order valence-electron chi connectivity index (χ3n) is 4.74. The lowest BCUT2D eigenvalue weighted by Crippen LogP contribution is -2.45. The second kappa shape index (κ2) is 7.66. The maximum atomic E-state index is 12.4.